The maximum absolute atomic E-state index is 11.4. The molecule has 0 aromatic carbocycles. The Balaban J connectivity index is 1.84. The van der Waals surface area contributed by atoms with Crippen molar-refractivity contribution in [1.29, 1.82) is 0 Å². The molecule has 2 saturated heterocycles. The fourth-order valence-corrected chi connectivity index (χ4v) is 3.21. The average molecular weight is 282 g/mol. The highest BCUT2D eigenvalue weighted by atomic mass is 16.6. The number of ether oxygens (including phenoxy) is 3. The van der Waals surface area contributed by atoms with E-state index in [1.54, 1.807) is 0 Å². The fraction of sp³-hybridized carbons (Fsp3) is 0.812. The van der Waals surface area contributed by atoms with Crippen molar-refractivity contribution in [2.24, 2.45) is 5.92 Å². The summed E-state index contributed by atoms with van der Waals surface area (Å²) < 4.78 is 17.0. The highest BCUT2D eigenvalue weighted by Crippen LogP contribution is 2.45. The van der Waals surface area contributed by atoms with Crippen LogP contribution in [0.15, 0.2) is 12.7 Å². The smallest absolute Gasteiger partial charge is 0.308 e. The van der Waals surface area contributed by atoms with E-state index >= 15 is 0 Å². The fourth-order valence-electron chi connectivity index (χ4n) is 3.21. The third-order valence-corrected chi connectivity index (χ3v) is 4.82. The minimum absolute atomic E-state index is 0.0519. The van der Waals surface area contributed by atoms with Gasteiger partial charge in [0.15, 0.2) is 0 Å². The molecule has 0 saturated carbocycles. The monoisotopic (exact) mass is 282 g/mol. The number of carbonyl (C=O) groups is 1. The van der Waals surface area contributed by atoms with E-state index in [0.717, 1.165) is 32.1 Å². The minimum Gasteiger partial charge on any atom is -0.469 e. The van der Waals surface area contributed by atoms with Crippen LogP contribution in [0.25, 0.3) is 0 Å². The molecule has 2 aliphatic rings. The molecule has 114 valence electrons. The Hall–Kier alpha value is -0.870. The molecule has 20 heavy (non-hydrogen) atoms. The molecule has 4 atom stereocenters. The second kappa shape index (κ2) is 5.86. The van der Waals surface area contributed by atoms with Gasteiger partial charge in [-0.1, -0.05) is 13.0 Å². The largest absolute Gasteiger partial charge is 0.469 e. The number of methoxy groups -OCH3 is 1. The van der Waals surface area contributed by atoms with E-state index in [9.17, 15) is 4.79 Å². The number of hydrogen-bond acceptors (Lipinski definition) is 4. The standard InChI is InChI=1S/C16H26O4/c1-5-16-10-8-13(20-16)15(3,19-11-16)9-6-7-12(2)14(17)18-4/h5,12-13H,1,6-11H2,2-4H3. The summed E-state index contributed by atoms with van der Waals surface area (Å²) in [5.41, 5.74) is -0.498. The van der Waals surface area contributed by atoms with Crippen molar-refractivity contribution in [3.8, 4) is 0 Å². The molecular formula is C16H26O4. The van der Waals surface area contributed by atoms with Crippen LogP contribution in [0.2, 0.25) is 0 Å². The molecule has 4 heteroatoms. The third-order valence-electron chi connectivity index (χ3n) is 4.82. The van der Waals surface area contributed by atoms with Gasteiger partial charge in [0.1, 0.15) is 5.60 Å². The van der Waals surface area contributed by atoms with Gasteiger partial charge in [-0.3, -0.25) is 4.79 Å². The zero-order valence-corrected chi connectivity index (χ0v) is 12.8. The number of carbonyl (C=O) groups excluding carboxylic acids is 1. The lowest BCUT2D eigenvalue weighted by molar-refractivity contribution is -0.225. The molecule has 0 aromatic heterocycles. The van der Waals surface area contributed by atoms with Crippen LogP contribution in [0.3, 0.4) is 0 Å². The molecule has 2 aliphatic heterocycles. The first-order valence-corrected chi connectivity index (χ1v) is 7.48. The summed E-state index contributed by atoms with van der Waals surface area (Å²) in [6.07, 6.45) is 6.71. The zero-order chi connectivity index (χ0) is 14.8. The van der Waals surface area contributed by atoms with E-state index in [4.69, 9.17) is 14.2 Å². The summed E-state index contributed by atoms with van der Waals surface area (Å²) in [7, 11) is 1.44. The highest BCUT2D eigenvalue weighted by molar-refractivity contribution is 5.71. The maximum Gasteiger partial charge on any atom is 0.308 e. The highest BCUT2D eigenvalue weighted by Gasteiger charge is 2.52. The van der Waals surface area contributed by atoms with E-state index in [0.29, 0.717) is 6.61 Å². The Morgan fingerprint density at radius 1 is 1.60 bits per heavy atom. The Morgan fingerprint density at radius 3 is 3.00 bits per heavy atom. The summed E-state index contributed by atoms with van der Waals surface area (Å²) in [5.74, 6) is -0.188. The Bertz CT molecular complexity index is 381. The van der Waals surface area contributed by atoms with Crippen LogP contribution in [0.4, 0.5) is 0 Å². The second-order valence-electron chi connectivity index (χ2n) is 6.33. The minimum atomic E-state index is -0.260. The summed E-state index contributed by atoms with van der Waals surface area (Å²) >= 11 is 0. The molecule has 2 heterocycles. The number of hydrogen-bond donors (Lipinski definition) is 0. The first-order chi connectivity index (χ1) is 9.45. The van der Waals surface area contributed by atoms with Crippen molar-refractivity contribution in [3.63, 3.8) is 0 Å². The van der Waals surface area contributed by atoms with Crippen molar-refractivity contribution in [1.82, 2.24) is 0 Å². The van der Waals surface area contributed by atoms with Gasteiger partial charge in [0.25, 0.3) is 0 Å². The Labute approximate surface area is 121 Å². The normalized spacial score (nSPS) is 37.5. The maximum atomic E-state index is 11.4. The van der Waals surface area contributed by atoms with Crippen LogP contribution < -0.4 is 0 Å². The van der Waals surface area contributed by atoms with E-state index in [-0.39, 0.29) is 29.2 Å². The number of rotatable bonds is 6. The second-order valence-corrected chi connectivity index (χ2v) is 6.33. The molecule has 2 rings (SSSR count). The zero-order valence-electron chi connectivity index (χ0n) is 12.8. The van der Waals surface area contributed by atoms with Crippen molar-refractivity contribution in [3.05, 3.63) is 12.7 Å². The molecule has 0 radical (unpaired) electrons. The van der Waals surface area contributed by atoms with Crippen LogP contribution in [0, 0.1) is 5.92 Å². The van der Waals surface area contributed by atoms with Crippen LogP contribution in [0.5, 0.6) is 0 Å². The van der Waals surface area contributed by atoms with Crippen molar-refractivity contribution in [2.45, 2.75) is 63.3 Å². The van der Waals surface area contributed by atoms with Gasteiger partial charge in [0.05, 0.1) is 31.3 Å². The number of esters is 1. The van der Waals surface area contributed by atoms with Crippen molar-refractivity contribution < 1.29 is 19.0 Å². The van der Waals surface area contributed by atoms with E-state index < -0.39 is 0 Å². The predicted molar refractivity (Wildman–Crippen MR) is 76.4 cm³/mol. The summed E-state index contributed by atoms with van der Waals surface area (Å²) in [6, 6.07) is 0. The molecule has 0 aliphatic carbocycles. The van der Waals surface area contributed by atoms with Crippen LogP contribution in [0.1, 0.15) is 46.0 Å². The van der Waals surface area contributed by atoms with Crippen LogP contribution in [-0.2, 0) is 19.0 Å². The average Bonchev–Trinajstić information content (AvgIpc) is 2.85. The van der Waals surface area contributed by atoms with Gasteiger partial charge in [-0.25, -0.2) is 0 Å². The molecular weight excluding hydrogens is 256 g/mol. The van der Waals surface area contributed by atoms with E-state index in [1.807, 2.05) is 13.0 Å². The summed E-state index contributed by atoms with van der Waals surface area (Å²) in [4.78, 5) is 11.4. The molecule has 2 fully saturated rings. The summed E-state index contributed by atoms with van der Waals surface area (Å²) in [6.45, 7) is 8.48. The van der Waals surface area contributed by atoms with Crippen LogP contribution in [-0.4, -0.2) is 37.0 Å². The first-order valence-electron chi connectivity index (χ1n) is 7.48. The molecule has 0 amide bonds. The van der Waals surface area contributed by atoms with E-state index in [2.05, 4.69) is 13.5 Å². The lowest BCUT2D eigenvalue weighted by Crippen LogP contribution is -2.51. The third kappa shape index (κ3) is 2.91. The lowest BCUT2D eigenvalue weighted by atomic mass is 9.89. The first kappa shape index (κ1) is 15.5. The van der Waals surface area contributed by atoms with Gasteiger partial charge in [-0.2, -0.15) is 0 Å². The Morgan fingerprint density at radius 2 is 2.35 bits per heavy atom. The number of fused-ring (bicyclic) bond motifs is 2. The van der Waals surface area contributed by atoms with Crippen molar-refractivity contribution >= 4 is 5.97 Å². The molecule has 4 nitrogen and oxygen atoms in total. The quantitative estimate of drug-likeness (QED) is 0.555. The molecule has 2 bridgehead atoms. The SMILES string of the molecule is C=CC12CCC(O1)C(C)(CCCC(C)C(=O)OC)OC2. The van der Waals surface area contributed by atoms with Gasteiger partial charge in [-0.15, -0.1) is 6.58 Å². The van der Waals surface area contributed by atoms with E-state index in [1.165, 1.54) is 7.11 Å². The molecule has 0 spiro atoms. The van der Waals surface area contributed by atoms with Crippen molar-refractivity contribution in [2.75, 3.05) is 13.7 Å². The van der Waals surface area contributed by atoms with Gasteiger partial charge in [0.2, 0.25) is 0 Å². The molecule has 4 unspecified atom stereocenters. The van der Waals surface area contributed by atoms with Gasteiger partial charge in [0, 0.05) is 0 Å². The Kier molecular flexibility index (Phi) is 4.55. The van der Waals surface area contributed by atoms with Gasteiger partial charge in [-0.05, 0) is 39.0 Å². The predicted octanol–water partition coefficient (Wildman–Crippen LogP) is 2.86. The lowest BCUT2D eigenvalue weighted by Gasteiger charge is -2.43. The molecule has 0 N–H and O–H groups in total. The topological polar surface area (TPSA) is 44.8 Å². The summed E-state index contributed by atoms with van der Waals surface area (Å²) in [5, 5.41) is 0. The van der Waals surface area contributed by atoms with Gasteiger partial charge < -0.3 is 14.2 Å². The van der Waals surface area contributed by atoms with Gasteiger partial charge >= 0.3 is 5.97 Å². The molecule has 0 aromatic rings. The van der Waals surface area contributed by atoms with Crippen LogP contribution >= 0.6 is 0 Å².